The van der Waals surface area contributed by atoms with E-state index in [4.69, 9.17) is 16.3 Å². The summed E-state index contributed by atoms with van der Waals surface area (Å²) in [6.45, 7) is 0.591. The average molecular weight is 297 g/mol. The molecule has 1 aliphatic rings. The number of hydrogen-bond donors (Lipinski definition) is 0. The van der Waals surface area contributed by atoms with E-state index < -0.39 is 0 Å². The number of ether oxygens (including phenoxy) is 1. The van der Waals surface area contributed by atoms with Gasteiger partial charge >= 0.3 is 0 Å². The van der Waals surface area contributed by atoms with Crippen LogP contribution in [-0.2, 0) is 4.79 Å². The Balaban J connectivity index is 2.37. The van der Waals surface area contributed by atoms with Crippen LogP contribution >= 0.6 is 11.6 Å². The normalized spacial score (nSPS) is 14.2. The Morgan fingerprint density at radius 1 is 1.45 bits per heavy atom. The molecule has 6 heteroatoms. The monoisotopic (exact) mass is 296 g/mol. The van der Waals surface area contributed by atoms with Crippen LogP contribution in [0.25, 0.3) is 0 Å². The van der Waals surface area contributed by atoms with E-state index in [-0.39, 0.29) is 18.3 Å². The highest BCUT2D eigenvalue weighted by molar-refractivity contribution is 6.31. The van der Waals surface area contributed by atoms with E-state index >= 15 is 0 Å². The quantitative estimate of drug-likeness (QED) is 0.796. The fourth-order valence-electron chi connectivity index (χ4n) is 2.01. The van der Waals surface area contributed by atoms with Crippen molar-refractivity contribution < 1.29 is 14.3 Å². The van der Waals surface area contributed by atoms with Crippen molar-refractivity contribution in [1.29, 1.82) is 0 Å². The van der Waals surface area contributed by atoms with Crippen LogP contribution in [0.1, 0.15) is 16.8 Å². The standard InChI is InChI=1S/C14H17ClN2O3/c1-16(2)5-4-12(18)10-6-9(15)7-11-14(10)20-8-13(19)17(11)3/h6-7H,4-5,8H2,1-3H3. The molecule has 1 aromatic rings. The number of carbonyl (C=O) groups excluding carboxylic acids is 2. The summed E-state index contributed by atoms with van der Waals surface area (Å²) in [7, 11) is 5.46. The van der Waals surface area contributed by atoms with E-state index in [1.165, 1.54) is 4.90 Å². The molecule has 0 saturated heterocycles. The summed E-state index contributed by atoms with van der Waals surface area (Å²) in [6.07, 6.45) is 0.376. The van der Waals surface area contributed by atoms with Gasteiger partial charge in [0.1, 0.15) is 0 Å². The topological polar surface area (TPSA) is 49.9 Å². The molecule has 0 N–H and O–H groups in total. The molecule has 0 saturated carbocycles. The molecule has 1 heterocycles. The molecule has 1 aliphatic heterocycles. The minimum Gasteiger partial charge on any atom is -0.481 e. The van der Waals surface area contributed by atoms with Crippen molar-refractivity contribution in [2.24, 2.45) is 0 Å². The predicted molar refractivity (Wildman–Crippen MR) is 77.9 cm³/mol. The highest BCUT2D eigenvalue weighted by Crippen LogP contribution is 2.38. The predicted octanol–water partition coefficient (Wildman–Crippen LogP) is 1.83. The molecule has 0 unspecified atom stereocenters. The van der Waals surface area contributed by atoms with E-state index in [1.54, 1.807) is 19.2 Å². The number of nitrogens with zero attached hydrogens (tertiary/aromatic N) is 2. The van der Waals surface area contributed by atoms with Crippen molar-refractivity contribution in [2.45, 2.75) is 6.42 Å². The Morgan fingerprint density at radius 2 is 2.15 bits per heavy atom. The molecular formula is C14H17ClN2O3. The van der Waals surface area contributed by atoms with Crippen molar-refractivity contribution in [3.63, 3.8) is 0 Å². The number of fused-ring (bicyclic) bond motifs is 1. The molecule has 1 aromatic carbocycles. The van der Waals surface area contributed by atoms with Gasteiger partial charge in [-0.2, -0.15) is 0 Å². The Hall–Kier alpha value is -1.59. The summed E-state index contributed by atoms with van der Waals surface area (Å²) < 4.78 is 5.44. The zero-order chi connectivity index (χ0) is 14.9. The summed E-state index contributed by atoms with van der Waals surface area (Å²) in [4.78, 5) is 27.3. The van der Waals surface area contributed by atoms with Gasteiger partial charge in [0.25, 0.3) is 5.91 Å². The molecule has 0 radical (unpaired) electrons. The molecule has 20 heavy (non-hydrogen) atoms. The molecule has 0 spiro atoms. The number of ketones is 1. The molecular weight excluding hydrogens is 280 g/mol. The maximum atomic E-state index is 12.3. The molecule has 2 rings (SSSR count). The van der Waals surface area contributed by atoms with Crippen molar-refractivity contribution in [2.75, 3.05) is 39.2 Å². The lowest BCUT2D eigenvalue weighted by molar-refractivity contribution is -0.121. The van der Waals surface area contributed by atoms with Gasteiger partial charge in [0.2, 0.25) is 0 Å². The van der Waals surface area contributed by atoms with Crippen molar-refractivity contribution >= 4 is 29.0 Å². The summed E-state index contributed by atoms with van der Waals surface area (Å²) in [5, 5.41) is 0.419. The van der Waals surface area contributed by atoms with Gasteiger partial charge in [-0.25, -0.2) is 0 Å². The highest BCUT2D eigenvalue weighted by Gasteiger charge is 2.27. The smallest absolute Gasteiger partial charge is 0.264 e. The van der Waals surface area contributed by atoms with Crippen molar-refractivity contribution in [3.05, 3.63) is 22.7 Å². The Labute approximate surface area is 123 Å². The van der Waals surface area contributed by atoms with Crippen LogP contribution in [0, 0.1) is 0 Å². The van der Waals surface area contributed by atoms with Gasteiger partial charge in [-0.3, -0.25) is 9.59 Å². The van der Waals surface area contributed by atoms with Gasteiger partial charge < -0.3 is 14.5 Å². The Kier molecular flexibility index (Phi) is 4.30. The first kappa shape index (κ1) is 14.8. The number of halogens is 1. The van der Waals surface area contributed by atoms with Gasteiger partial charge in [-0.15, -0.1) is 0 Å². The molecule has 0 aliphatic carbocycles. The first-order valence-electron chi connectivity index (χ1n) is 6.31. The van der Waals surface area contributed by atoms with E-state index in [9.17, 15) is 9.59 Å². The maximum Gasteiger partial charge on any atom is 0.264 e. The third-order valence-electron chi connectivity index (χ3n) is 3.20. The van der Waals surface area contributed by atoms with Gasteiger partial charge in [-0.1, -0.05) is 11.6 Å². The first-order valence-corrected chi connectivity index (χ1v) is 6.68. The second-order valence-electron chi connectivity index (χ2n) is 5.02. The Bertz CT molecular complexity index is 558. The zero-order valence-corrected chi connectivity index (χ0v) is 12.5. The number of rotatable bonds is 4. The lowest BCUT2D eigenvalue weighted by Gasteiger charge is -2.27. The summed E-state index contributed by atoms with van der Waals surface area (Å²) in [5.74, 6) is 0.243. The number of likely N-dealkylation sites (N-methyl/N-ethyl adjacent to an activating group) is 1. The molecule has 5 nitrogen and oxygen atoms in total. The molecule has 0 bridgehead atoms. The number of anilines is 1. The summed E-state index contributed by atoms with van der Waals surface area (Å²) in [6, 6.07) is 3.23. The van der Waals surface area contributed by atoms with Crippen molar-refractivity contribution in [1.82, 2.24) is 4.90 Å². The van der Waals surface area contributed by atoms with Crippen LogP contribution in [0.15, 0.2) is 12.1 Å². The SMILES string of the molecule is CN(C)CCC(=O)c1cc(Cl)cc2c1OCC(=O)N2C. The third kappa shape index (κ3) is 2.94. The molecule has 0 fully saturated rings. The number of Topliss-reactive ketones (excluding diaryl/α,β-unsaturated/α-hetero) is 1. The third-order valence-corrected chi connectivity index (χ3v) is 3.41. The second-order valence-corrected chi connectivity index (χ2v) is 5.46. The van der Waals surface area contributed by atoms with Gasteiger partial charge in [0.05, 0.1) is 11.3 Å². The highest BCUT2D eigenvalue weighted by atomic mass is 35.5. The van der Waals surface area contributed by atoms with E-state index in [0.717, 1.165) is 0 Å². The van der Waals surface area contributed by atoms with E-state index in [1.807, 2.05) is 19.0 Å². The average Bonchev–Trinajstić information content (AvgIpc) is 2.40. The van der Waals surface area contributed by atoms with Crippen LogP contribution in [0.4, 0.5) is 5.69 Å². The van der Waals surface area contributed by atoms with Crippen LogP contribution in [-0.4, -0.2) is 50.9 Å². The van der Waals surface area contributed by atoms with Crippen LogP contribution in [0.5, 0.6) is 5.75 Å². The molecule has 1 amide bonds. The van der Waals surface area contributed by atoms with Gasteiger partial charge in [0.15, 0.2) is 18.1 Å². The lowest BCUT2D eigenvalue weighted by Crippen LogP contribution is -2.36. The van der Waals surface area contributed by atoms with E-state index in [0.29, 0.717) is 35.0 Å². The number of benzene rings is 1. The number of carbonyl (C=O) groups is 2. The van der Waals surface area contributed by atoms with Gasteiger partial charge in [-0.05, 0) is 26.2 Å². The fourth-order valence-corrected chi connectivity index (χ4v) is 2.22. The molecule has 0 aromatic heterocycles. The van der Waals surface area contributed by atoms with Crippen LogP contribution in [0.3, 0.4) is 0 Å². The largest absolute Gasteiger partial charge is 0.481 e. The number of hydrogen-bond acceptors (Lipinski definition) is 4. The van der Waals surface area contributed by atoms with E-state index in [2.05, 4.69) is 0 Å². The minimum atomic E-state index is -0.161. The maximum absolute atomic E-state index is 12.3. The number of amides is 1. The lowest BCUT2D eigenvalue weighted by atomic mass is 10.0. The fraction of sp³-hybridized carbons (Fsp3) is 0.429. The molecule has 108 valence electrons. The van der Waals surface area contributed by atoms with Crippen LogP contribution < -0.4 is 9.64 Å². The zero-order valence-electron chi connectivity index (χ0n) is 11.8. The first-order chi connectivity index (χ1) is 9.40. The van der Waals surface area contributed by atoms with Crippen molar-refractivity contribution in [3.8, 4) is 5.75 Å². The Morgan fingerprint density at radius 3 is 2.80 bits per heavy atom. The van der Waals surface area contributed by atoms with Crippen LogP contribution in [0.2, 0.25) is 5.02 Å². The summed E-state index contributed by atoms with van der Waals surface area (Å²) in [5.41, 5.74) is 0.982. The molecule has 0 atom stereocenters. The van der Waals surface area contributed by atoms with Gasteiger partial charge in [0, 0.05) is 25.0 Å². The second kappa shape index (κ2) is 5.81. The minimum absolute atomic E-state index is 0.0415. The summed E-state index contributed by atoms with van der Waals surface area (Å²) >= 11 is 6.05.